The molecule has 104 valence electrons. The molecule has 0 saturated heterocycles. The normalized spacial score (nSPS) is 10.8. The van der Waals surface area contributed by atoms with Crippen LogP contribution in [0.2, 0.25) is 0 Å². The van der Waals surface area contributed by atoms with E-state index in [1.165, 1.54) is 11.3 Å². The Bertz CT molecular complexity index is 725. The van der Waals surface area contributed by atoms with Crippen molar-refractivity contribution in [2.24, 2.45) is 0 Å². The van der Waals surface area contributed by atoms with Crippen LogP contribution >= 0.6 is 11.3 Å². The Balaban J connectivity index is 2.16. The number of aliphatic hydroxyl groups is 1. The number of thiophene rings is 1. The third-order valence-corrected chi connectivity index (χ3v) is 5.33. The molecule has 20 heavy (non-hydrogen) atoms. The number of rotatable bonds is 4. The molecule has 4 nitrogen and oxygen atoms in total. The van der Waals surface area contributed by atoms with Crippen molar-refractivity contribution in [1.82, 2.24) is 4.72 Å². The fourth-order valence-electron chi connectivity index (χ4n) is 1.59. The molecule has 0 saturated carbocycles. The van der Waals surface area contributed by atoms with Crippen LogP contribution in [0.3, 0.4) is 0 Å². The van der Waals surface area contributed by atoms with Gasteiger partial charge in [0.25, 0.3) is 0 Å². The average Bonchev–Trinajstić information content (AvgIpc) is 2.99. The van der Waals surface area contributed by atoms with Crippen LogP contribution in [0.15, 0.2) is 46.0 Å². The highest BCUT2D eigenvalue weighted by atomic mass is 32.2. The van der Waals surface area contributed by atoms with Crippen molar-refractivity contribution in [2.75, 3.05) is 6.61 Å². The lowest BCUT2D eigenvalue weighted by molar-refractivity contribution is 0.350. The number of sulfonamides is 1. The second kappa shape index (κ2) is 6.68. The summed E-state index contributed by atoms with van der Waals surface area (Å²) in [5.74, 6) is 5.36. The van der Waals surface area contributed by atoms with Gasteiger partial charge in [0.15, 0.2) is 0 Å². The van der Waals surface area contributed by atoms with Crippen molar-refractivity contribution in [3.63, 3.8) is 0 Å². The first-order valence-corrected chi connectivity index (χ1v) is 8.20. The Morgan fingerprint density at radius 2 is 2.00 bits per heavy atom. The summed E-state index contributed by atoms with van der Waals surface area (Å²) in [6, 6.07) is 10.5. The number of benzene rings is 1. The zero-order valence-corrected chi connectivity index (χ0v) is 12.2. The van der Waals surface area contributed by atoms with E-state index in [9.17, 15) is 8.42 Å². The van der Waals surface area contributed by atoms with Crippen molar-refractivity contribution < 1.29 is 13.5 Å². The Morgan fingerprint density at radius 1 is 1.20 bits per heavy atom. The second-order valence-corrected chi connectivity index (χ2v) is 6.82. The van der Waals surface area contributed by atoms with Crippen molar-refractivity contribution in [2.45, 2.75) is 10.8 Å². The van der Waals surface area contributed by atoms with Gasteiger partial charge in [-0.05, 0) is 23.1 Å². The van der Waals surface area contributed by atoms with Crippen LogP contribution in [0.5, 0.6) is 0 Å². The van der Waals surface area contributed by atoms with Crippen LogP contribution in [-0.4, -0.2) is 20.1 Å². The molecule has 0 aliphatic heterocycles. The van der Waals surface area contributed by atoms with Gasteiger partial charge < -0.3 is 5.11 Å². The number of nitrogens with one attached hydrogen (secondary N) is 1. The van der Waals surface area contributed by atoms with Gasteiger partial charge in [-0.3, -0.25) is 0 Å². The summed E-state index contributed by atoms with van der Waals surface area (Å²) in [6.45, 7) is -0.0637. The Hall–Kier alpha value is -1.65. The molecule has 1 aromatic carbocycles. The van der Waals surface area contributed by atoms with E-state index in [2.05, 4.69) is 16.6 Å². The lowest BCUT2D eigenvalue weighted by atomic mass is 10.1. The molecule has 0 aliphatic carbocycles. The van der Waals surface area contributed by atoms with E-state index in [-0.39, 0.29) is 17.4 Å². The fourth-order valence-corrected chi connectivity index (χ4v) is 3.64. The highest BCUT2D eigenvalue weighted by Gasteiger charge is 2.14. The molecule has 0 bridgehead atoms. The monoisotopic (exact) mass is 307 g/mol. The summed E-state index contributed by atoms with van der Waals surface area (Å²) in [5.41, 5.74) is 1.48. The summed E-state index contributed by atoms with van der Waals surface area (Å²) in [6.07, 6.45) is 0. The molecule has 0 aliphatic rings. The molecule has 2 rings (SSSR count). The smallest absolute Gasteiger partial charge is 0.250 e. The van der Waals surface area contributed by atoms with Gasteiger partial charge in [0.05, 0.1) is 0 Å². The number of hydrogen-bond acceptors (Lipinski definition) is 4. The van der Waals surface area contributed by atoms with Crippen LogP contribution < -0.4 is 4.72 Å². The van der Waals surface area contributed by atoms with Gasteiger partial charge in [-0.1, -0.05) is 36.1 Å². The molecule has 2 aromatic rings. The van der Waals surface area contributed by atoms with Crippen LogP contribution in [0.4, 0.5) is 0 Å². The maximum Gasteiger partial charge on any atom is 0.250 e. The summed E-state index contributed by atoms with van der Waals surface area (Å²) < 4.78 is 26.9. The zero-order valence-electron chi connectivity index (χ0n) is 10.5. The molecule has 1 aromatic heterocycles. The first-order valence-electron chi connectivity index (χ1n) is 5.84. The van der Waals surface area contributed by atoms with Crippen molar-refractivity contribution in [3.05, 3.63) is 52.9 Å². The first kappa shape index (κ1) is 14.8. The van der Waals surface area contributed by atoms with Crippen LogP contribution in [0.1, 0.15) is 11.1 Å². The van der Waals surface area contributed by atoms with E-state index in [4.69, 9.17) is 5.11 Å². The minimum atomic E-state index is -3.48. The number of hydrogen-bond donors (Lipinski definition) is 2. The van der Waals surface area contributed by atoms with E-state index in [1.54, 1.807) is 29.6 Å². The molecular formula is C14H13NO3S2. The van der Waals surface area contributed by atoms with Gasteiger partial charge in [-0.15, -0.1) is 11.3 Å². The second-order valence-electron chi connectivity index (χ2n) is 3.87. The Labute approximate surface area is 122 Å². The van der Waals surface area contributed by atoms with Gasteiger partial charge in [-0.25, -0.2) is 13.1 Å². The van der Waals surface area contributed by atoms with E-state index >= 15 is 0 Å². The quantitative estimate of drug-likeness (QED) is 0.843. The standard InChI is InChI=1S/C14H13NO3S2/c16-9-3-7-12-5-1-2-6-13(12)11-15-20(17,18)14-8-4-10-19-14/h1-2,4-6,8,10,15-16H,9,11H2. The van der Waals surface area contributed by atoms with E-state index in [1.807, 2.05) is 12.1 Å². The van der Waals surface area contributed by atoms with E-state index in [0.29, 0.717) is 5.56 Å². The van der Waals surface area contributed by atoms with Crippen LogP contribution in [0, 0.1) is 11.8 Å². The van der Waals surface area contributed by atoms with Gasteiger partial charge in [-0.2, -0.15) is 0 Å². The summed E-state index contributed by atoms with van der Waals surface area (Å²) in [5, 5.41) is 10.4. The Morgan fingerprint density at radius 3 is 2.70 bits per heavy atom. The third-order valence-electron chi connectivity index (χ3n) is 2.53. The first-order chi connectivity index (χ1) is 9.63. The molecule has 0 atom stereocenters. The molecule has 0 fully saturated rings. The topological polar surface area (TPSA) is 66.4 Å². The van der Waals surface area contributed by atoms with Gasteiger partial charge in [0.2, 0.25) is 10.0 Å². The maximum absolute atomic E-state index is 12.0. The maximum atomic E-state index is 12.0. The minimum Gasteiger partial charge on any atom is -0.384 e. The summed E-state index contributed by atoms with van der Waals surface area (Å²) >= 11 is 1.17. The van der Waals surface area contributed by atoms with Crippen molar-refractivity contribution >= 4 is 21.4 Å². The summed E-state index contributed by atoms with van der Waals surface area (Å²) in [7, 11) is -3.48. The minimum absolute atomic E-state index is 0.163. The third kappa shape index (κ3) is 3.68. The van der Waals surface area contributed by atoms with E-state index in [0.717, 1.165) is 5.56 Å². The largest absolute Gasteiger partial charge is 0.384 e. The van der Waals surface area contributed by atoms with Crippen molar-refractivity contribution in [1.29, 1.82) is 0 Å². The van der Waals surface area contributed by atoms with Crippen molar-refractivity contribution in [3.8, 4) is 11.8 Å². The molecule has 2 N–H and O–H groups in total. The van der Waals surface area contributed by atoms with Gasteiger partial charge in [0, 0.05) is 12.1 Å². The molecule has 6 heteroatoms. The average molecular weight is 307 g/mol. The SMILES string of the molecule is O=S(=O)(NCc1ccccc1C#CCO)c1cccs1. The zero-order chi connectivity index (χ0) is 14.4. The van der Waals surface area contributed by atoms with Gasteiger partial charge >= 0.3 is 0 Å². The highest BCUT2D eigenvalue weighted by Crippen LogP contribution is 2.16. The molecular weight excluding hydrogens is 294 g/mol. The predicted octanol–water partition coefficient (Wildman–Crippen LogP) is 1.57. The number of aliphatic hydroxyl groups excluding tert-OH is 1. The Kier molecular flexibility index (Phi) is 4.93. The molecule has 1 heterocycles. The molecule has 0 spiro atoms. The molecule has 0 radical (unpaired) electrons. The van der Waals surface area contributed by atoms with Crippen LogP contribution in [0.25, 0.3) is 0 Å². The predicted molar refractivity (Wildman–Crippen MR) is 78.8 cm³/mol. The summed E-state index contributed by atoms with van der Waals surface area (Å²) in [4.78, 5) is 0. The highest BCUT2D eigenvalue weighted by molar-refractivity contribution is 7.91. The lowest BCUT2D eigenvalue weighted by Crippen LogP contribution is -2.22. The van der Waals surface area contributed by atoms with Crippen LogP contribution in [-0.2, 0) is 16.6 Å². The fraction of sp³-hybridized carbons (Fsp3) is 0.143. The van der Waals surface area contributed by atoms with Gasteiger partial charge in [0.1, 0.15) is 10.8 Å². The molecule has 0 amide bonds. The lowest BCUT2D eigenvalue weighted by Gasteiger charge is -2.06. The molecule has 0 unspecified atom stereocenters. The van der Waals surface area contributed by atoms with E-state index < -0.39 is 10.0 Å².